The number of hydrogen-bond donors (Lipinski definition) is 0. The third kappa shape index (κ3) is 3.37. The second-order valence-corrected chi connectivity index (χ2v) is 6.48. The molecule has 1 heterocycles. The molecule has 0 radical (unpaired) electrons. The first-order chi connectivity index (χ1) is 9.39. The van der Waals surface area contributed by atoms with Crippen LogP contribution in [0.5, 0.6) is 0 Å². The molecular weight excluding hydrogens is 268 g/mol. The van der Waals surface area contributed by atoms with Crippen molar-refractivity contribution in [3.05, 3.63) is 58.6 Å². The zero-order chi connectivity index (χ0) is 14.8. The average molecular weight is 289 g/mol. The molecule has 0 bridgehead atoms. The molecule has 0 saturated carbocycles. The molecule has 0 amide bonds. The summed E-state index contributed by atoms with van der Waals surface area (Å²) in [6, 6.07) is 12.2. The molecule has 0 unspecified atom stereocenters. The first-order valence-electron chi connectivity index (χ1n) is 6.99. The summed E-state index contributed by atoms with van der Waals surface area (Å²) in [6.07, 6.45) is 0.917. The maximum Gasteiger partial charge on any atom is 0.140 e. The van der Waals surface area contributed by atoms with Crippen LogP contribution < -0.4 is 0 Å². The lowest BCUT2D eigenvalue weighted by atomic mass is 9.83. The van der Waals surface area contributed by atoms with Crippen molar-refractivity contribution in [2.24, 2.45) is 5.92 Å². The number of nitrogens with zero attached hydrogens (tertiary/aromatic N) is 2. The van der Waals surface area contributed by atoms with Crippen molar-refractivity contribution >= 4 is 11.6 Å². The van der Waals surface area contributed by atoms with Gasteiger partial charge in [-0.3, -0.25) is 0 Å². The summed E-state index contributed by atoms with van der Waals surface area (Å²) in [6.45, 7) is 8.62. The molecule has 1 aromatic carbocycles. The highest BCUT2D eigenvalue weighted by atomic mass is 35.5. The number of rotatable bonds is 4. The summed E-state index contributed by atoms with van der Waals surface area (Å²) in [5.74, 6) is 1.33. The van der Waals surface area contributed by atoms with Gasteiger partial charge in [0.15, 0.2) is 0 Å². The van der Waals surface area contributed by atoms with Crippen molar-refractivity contribution in [3.63, 3.8) is 0 Å². The number of aromatic nitrogens is 2. The summed E-state index contributed by atoms with van der Waals surface area (Å²) in [7, 11) is 0. The van der Waals surface area contributed by atoms with Crippen LogP contribution in [0.1, 0.15) is 44.8 Å². The summed E-state index contributed by atoms with van der Waals surface area (Å²) < 4.78 is 0. The second kappa shape index (κ2) is 5.92. The van der Waals surface area contributed by atoms with Gasteiger partial charge in [0.2, 0.25) is 0 Å². The van der Waals surface area contributed by atoms with E-state index in [-0.39, 0.29) is 5.41 Å². The van der Waals surface area contributed by atoms with Crippen LogP contribution in [-0.4, -0.2) is 9.97 Å². The molecule has 20 heavy (non-hydrogen) atoms. The van der Waals surface area contributed by atoms with Gasteiger partial charge in [0, 0.05) is 11.1 Å². The van der Waals surface area contributed by atoms with Crippen LogP contribution in [0.15, 0.2) is 36.4 Å². The van der Waals surface area contributed by atoms with Gasteiger partial charge in [-0.05, 0) is 37.8 Å². The van der Waals surface area contributed by atoms with E-state index in [1.165, 1.54) is 5.56 Å². The summed E-state index contributed by atoms with van der Waals surface area (Å²) >= 11 is 6.18. The van der Waals surface area contributed by atoms with E-state index in [1.54, 1.807) is 0 Å². The Morgan fingerprint density at radius 1 is 1.10 bits per heavy atom. The molecule has 0 aliphatic heterocycles. The lowest BCUT2D eigenvalue weighted by molar-refractivity contribution is 0.572. The van der Waals surface area contributed by atoms with Crippen LogP contribution in [0, 0.1) is 5.92 Å². The Labute approximate surface area is 126 Å². The van der Waals surface area contributed by atoms with E-state index in [0.29, 0.717) is 11.1 Å². The molecule has 0 saturated heterocycles. The second-order valence-electron chi connectivity index (χ2n) is 6.09. The molecule has 0 spiro atoms. The molecule has 0 fully saturated rings. The molecule has 106 valence electrons. The van der Waals surface area contributed by atoms with Crippen molar-refractivity contribution in [1.82, 2.24) is 9.97 Å². The summed E-state index contributed by atoms with van der Waals surface area (Å²) in [5, 5.41) is 0.523. The third-order valence-electron chi connectivity index (χ3n) is 3.42. The highest BCUT2D eigenvalue weighted by molar-refractivity contribution is 6.29. The zero-order valence-electron chi connectivity index (χ0n) is 12.5. The Kier molecular flexibility index (Phi) is 4.44. The van der Waals surface area contributed by atoms with E-state index in [9.17, 15) is 0 Å². The van der Waals surface area contributed by atoms with Gasteiger partial charge in [-0.2, -0.15) is 0 Å². The quantitative estimate of drug-likeness (QED) is 0.765. The standard InChI is InChI=1S/C17H21ClN2/c1-12(2)10-14-11-15(18)20-16(19-14)17(3,4)13-8-6-5-7-9-13/h5-9,11-12H,10H2,1-4H3. The number of benzene rings is 1. The normalized spacial score (nSPS) is 11.9. The Morgan fingerprint density at radius 2 is 1.75 bits per heavy atom. The van der Waals surface area contributed by atoms with Gasteiger partial charge in [-0.25, -0.2) is 9.97 Å². The smallest absolute Gasteiger partial charge is 0.140 e. The molecule has 2 nitrogen and oxygen atoms in total. The predicted octanol–water partition coefficient (Wildman–Crippen LogP) is 4.65. The highest BCUT2D eigenvalue weighted by Crippen LogP contribution is 2.29. The van der Waals surface area contributed by atoms with Crippen molar-refractivity contribution in [1.29, 1.82) is 0 Å². The highest BCUT2D eigenvalue weighted by Gasteiger charge is 2.27. The van der Waals surface area contributed by atoms with Crippen LogP contribution in [0.25, 0.3) is 0 Å². The lowest BCUT2D eigenvalue weighted by Crippen LogP contribution is -2.23. The van der Waals surface area contributed by atoms with Gasteiger partial charge in [0.05, 0.1) is 0 Å². The molecule has 1 aromatic heterocycles. The number of hydrogen-bond acceptors (Lipinski definition) is 2. The van der Waals surface area contributed by atoms with Crippen LogP contribution in [0.2, 0.25) is 5.15 Å². The monoisotopic (exact) mass is 288 g/mol. The fourth-order valence-corrected chi connectivity index (χ4v) is 2.46. The molecule has 0 atom stereocenters. The summed E-state index contributed by atoms with van der Waals surface area (Å²) in [5.41, 5.74) is 1.95. The van der Waals surface area contributed by atoms with Crippen molar-refractivity contribution < 1.29 is 0 Å². The number of halogens is 1. The van der Waals surface area contributed by atoms with Crippen molar-refractivity contribution in [2.75, 3.05) is 0 Å². The van der Waals surface area contributed by atoms with Crippen LogP contribution in [0.4, 0.5) is 0 Å². The average Bonchev–Trinajstić information content (AvgIpc) is 2.38. The fourth-order valence-electron chi connectivity index (χ4n) is 2.25. The maximum absolute atomic E-state index is 6.18. The van der Waals surface area contributed by atoms with E-state index in [4.69, 9.17) is 16.6 Å². The lowest BCUT2D eigenvalue weighted by Gasteiger charge is -2.24. The Hall–Kier alpha value is -1.41. The fraction of sp³-hybridized carbons (Fsp3) is 0.412. The first kappa shape index (κ1) is 15.0. The molecule has 2 aromatic rings. The van der Waals surface area contributed by atoms with E-state index in [2.05, 4.69) is 44.8 Å². The minimum atomic E-state index is -0.252. The van der Waals surface area contributed by atoms with Gasteiger partial charge < -0.3 is 0 Å². The minimum Gasteiger partial charge on any atom is -0.237 e. The largest absolute Gasteiger partial charge is 0.237 e. The molecule has 2 rings (SSSR count). The van der Waals surface area contributed by atoms with E-state index < -0.39 is 0 Å². The molecule has 0 aliphatic rings. The first-order valence-corrected chi connectivity index (χ1v) is 7.37. The Bertz CT molecular complexity index is 577. The molecule has 0 N–H and O–H groups in total. The van der Waals surface area contributed by atoms with Crippen molar-refractivity contribution in [2.45, 2.75) is 39.5 Å². The molecule has 3 heteroatoms. The molecule has 0 aliphatic carbocycles. The van der Waals surface area contributed by atoms with Crippen LogP contribution in [0.3, 0.4) is 0 Å². The Morgan fingerprint density at radius 3 is 2.35 bits per heavy atom. The predicted molar refractivity (Wildman–Crippen MR) is 84.2 cm³/mol. The summed E-state index contributed by atoms with van der Waals surface area (Å²) in [4.78, 5) is 9.17. The van der Waals surface area contributed by atoms with Crippen LogP contribution >= 0.6 is 11.6 Å². The van der Waals surface area contributed by atoms with Gasteiger partial charge >= 0.3 is 0 Å². The molecular formula is C17H21ClN2. The van der Waals surface area contributed by atoms with Gasteiger partial charge in [-0.1, -0.05) is 55.8 Å². The van der Waals surface area contributed by atoms with E-state index in [0.717, 1.165) is 17.9 Å². The minimum absolute atomic E-state index is 0.252. The maximum atomic E-state index is 6.18. The third-order valence-corrected chi connectivity index (χ3v) is 3.61. The zero-order valence-corrected chi connectivity index (χ0v) is 13.3. The van der Waals surface area contributed by atoms with Gasteiger partial charge in [0.1, 0.15) is 11.0 Å². The van der Waals surface area contributed by atoms with E-state index in [1.807, 2.05) is 24.3 Å². The van der Waals surface area contributed by atoms with E-state index >= 15 is 0 Å². The topological polar surface area (TPSA) is 25.8 Å². The van der Waals surface area contributed by atoms with Gasteiger partial charge in [0.25, 0.3) is 0 Å². The SMILES string of the molecule is CC(C)Cc1cc(Cl)nc(C(C)(C)c2ccccc2)n1. The van der Waals surface area contributed by atoms with Gasteiger partial charge in [-0.15, -0.1) is 0 Å². The van der Waals surface area contributed by atoms with Crippen molar-refractivity contribution in [3.8, 4) is 0 Å². The van der Waals surface area contributed by atoms with Crippen LogP contribution in [-0.2, 0) is 11.8 Å². The Balaban J connectivity index is 2.43.